The number of hydrogen-bond donors (Lipinski definition) is 1. The second-order valence-corrected chi connectivity index (χ2v) is 6.99. The molecule has 5 nitrogen and oxygen atoms in total. The van der Waals surface area contributed by atoms with E-state index in [-0.39, 0.29) is 0 Å². The monoisotopic (exact) mass is 339 g/mol. The summed E-state index contributed by atoms with van der Waals surface area (Å²) in [6.45, 7) is 3.42. The van der Waals surface area contributed by atoms with Crippen molar-refractivity contribution < 1.29 is 9.47 Å². The molecule has 0 radical (unpaired) electrons. The molecular weight excluding hydrogens is 314 g/mol. The maximum absolute atomic E-state index is 5.86. The Bertz CT molecular complexity index is 676. The number of rotatable bonds is 9. The van der Waals surface area contributed by atoms with Crippen LogP contribution in [0.2, 0.25) is 0 Å². The lowest BCUT2D eigenvalue weighted by molar-refractivity contribution is 0.126. The Labute approximate surface area is 148 Å². The molecule has 2 aliphatic rings. The summed E-state index contributed by atoms with van der Waals surface area (Å²) in [5, 5.41) is 3.35. The summed E-state index contributed by atoms with van der Waals surface area (Å²) in [4.78, 5) is 8.47. The minimum Gasteiger partial charge on any atom is -0.490 e. The van der Waals surface area contributed by atoms with Crippen molar-refractivity contribution >= 4 is 0 Å². The van der Waals surface area contributed by atoms with E-state index in [1.54, 1.807) is 6.20 Å². The van der Waals surface area contributed by atoms with Crippen LogP contribution in [0.3, 0.4) is 0 Å². The normalized spacial score (nSPS) is 24.6. The average Bonchev–Trinajstić information content (AvgIpc) is 3.38. The van der Waals surface area contributed by atoms with Gasteiger partial charge < -0.3 is 14.8 Å². The number of nitrogens with zero attached hydrogens (tertiary/aromatic N) is 2. The van der Waals surface area contributed by atoms with Crippen LogP contribution in [0.15, 0.2) is 43.0 Å². The van der Waals surface area contributed by atoms with Gasteiger partial charge in [-0.15, -0.1) is 0 Å². The molecule has 1 saturated heterocycles. The predicted molar refractivity (Wildman–Crippen MR) is 95.7 cm³/mol. The minimum atomic E-state index is 0.505. The third-order valence-corrected chi connectivity index (χ3v) is 5.05. The van der Waals surface area contributed by atoms with E-state index in [1.807, 2.05) is 24.7 Å². The Hall–Kier alpha value is -1.98. The fraction of sp³-hybridized carbons (Fsp3) is 0.500. The quantitative estimate of drug-likeness (QED) is 0.712. The van der Waals surface area contributed by atoms with Crippen LogP contribution in [0.5, 0.6) is 5.75 Å². The van der Waals surface area contributed by atoms with Crippen molar-refractivity contribution in [3.63, 3.8) is 0 Å². The largest absolute Gasteiger partial charge is 0.490 e. The molecular formula is C20H25N3O2. The number of aromatic nitrogens is 2. The Balaban J connectivity index is 1.18. The molecule has 132 valence electrons. The highest BCUT2D eigenvalue weighted by atomic mass is 16.5. The van der Waals surface area contributed by atoms with E-state index in [2.05, 4.69) is 27.4 Å². The molecule has 0 aromatic carbocycles. The molecule has 2 aromatic heterocycles. The van der Waals surface area contributed by atoms with E-state index in [1.165, 1.54) is 24.0 Å². The van der Waals surface area contributed by atoms with Crippen LogP contribution < -0.4 is 10.1 Å². The summed E-state index contributed by atoms with van der Waals surface area (Å²) in [6, 6.07) is 6.71. The van der Waals surface area contributed by atoms with Crippen LogP contribution in [0, 0.1) is 5.92 Å². The van der Waals surface area contributed by atoms with Crippen LogP contribution in [-0.2, 0) is 11.2 Å². The molecule has 3 heterocycles. The van der Waals surface area contributed by atoms with E-state index >= 15 is 0 Å². The van der Waals surface area contributed by atoms with Crippen molar-refractivity contribution in [2.75, 3.05) is 26.4 Å². The van der Waals surface area contributed by atoms with Gasteiger partial charge in [0, 0.05) is 24.6 Å². The fourth-order valence-corrected chi connectivity index (χ4v) is 3.22. The summed E-state index contributed by atoms with van der Waals surface area (Å²) >= 11 is 0. The molecule has 2 fully saturated rings. The molecule has 5 heteroatoms. The summed E-state index contributed by atoms with van der Waals surface area (Å²) in [5.41, 5.74) is 2.50. The van der Waals surface area contributed by atoms with Crippen molar-refractivity contribution in [1.82, 2.24) is 15.3 Å². The van der Waals surface area contributed by atoms with Gasteiger partial charge in [-0.05, 0) is 60.9 Å². The zero-order valence-corrected chi connectivity index (χ0v) is 14.4. The van der Waals surface area contributed by atoms with Gasteiger partial charge in [0.2, 0.25) is 0 Å². The topological polar surface area (TPSA) is 56.3 Å². The summed E-state index contributed by atoms with van der Waals surface area (Å²) in [6.07, 6.45) is 10.8. The standard InChI is InChI=1S/C20H25N3O2/c1-2-15(10-21-5-1)4-7-24-13-17-9-20(17)16-8-19(12-22-11-16)25-14-18-3-6-23-18/h1-2,5,8,10-12,17-18,20,23H,3-4,6-7,9,13-14H2/t17-,18+,20-/m1/s1. The van der Waals surface area contributed by atoms with Gasteiger partial charge in [-0.3, -0.25) is 9.97 Å². The Morgan fingerprint density at radius 2 is 2.12 bits per heavy atom. The molecule has 1 aliphatic heterocycles. The van der Waals surface area contributed by atoms with Crippen LogP contribution in [0.4, 0.5) is 0 Å². The smallest absolute Gasteiger partial charge is 0.137 e. The van der Waals surface area contributed by atoms with Crippen LogP contribution >= 0.6 is 0 Å². The van der Waals surface area contributed by atoms with Gasteiger partial charge >= 0.3 is 0 Å². The molecule has 2 aromatic rings. The van der Waals surface area contributed by atoms with E-state index in [9.17, 15) is 0 Å². The van der Waals surface area contributed by atoms with Crippen LogP contribution in [0.25, 0.3) is 0 Å². The first kappa shape index (κ1) is 16.5. The number of ether oxygens (including phenoxy) is 2. The molecule has 0 amide bonds. The van der Waals surface area contributed by atoms with Gasteiger partial charge in [0.15, 0.2) is 0 Å². The maximum atomic E-state index is 5.86. The number of hydrogen-bond acceptors (Lipinski definition) is 5. The Morgan fingerprint density at radius 1 is 1.16 bits per heavy atom. The van der Waals surface area contributed by atoms with Crippen molar-refractivity contribution in [3.05, 3.63) is 54.1 Å². The van der Waals surface area contributed by atoms with E-state index in [0.29, 0.717) is 17.9 Å². The zero-order valence-electron chi connectivity index (χ0n) is 14.4. The lowest BCUT2D eigenvalue weighted by Crippen LogP contribution is -2.46. The highest BCUT2D eigenvalue weighted by molar-refractivity contribution is 5.30. The minimum absolute atomic E-state index is 0.505. The summed E-state index contributed by atoms with van der Waals surface area (Å²) < 4.78 is 11.7. The van der Waals surface area contributed by atoms with Crippen LogP contribution in [0.1, 0.15) is 29.9 Å². The van der Waals surface area contributed by atoms with Gasteiger partial charge in [0.25, 0.3) is 0 Å². The predicted octanol–water partition coefficient (Wildman–Crippen LogP) is 2.58. The van der Waals surface area contributed by atoms with Crippen LogP contribution in [-0.4, -0.2) is 42.4 Å². The molecule has 4 rings (SSSR count). The number of nitrogens with one attached hydrogen (secondary N) is 1. The van der Waals surface area contributed by atoms with E-state index in [0.717, 1.165) is 38.5 Å². The first-order chi connectivity index (χ1) is 12.4. The molecule has 0 bridgehead atoms. The molecule has 3 atom stereocenters. The van der Waals surface area contributed by atoms with E-state index in [4.69, 9.17) is 9.47 Å². The Kier molecular flexibility index (Phi) is 5.23. The molecule has 0 unspecified atom stereocenters. The first-order valence-corrected chi connectivity index (χ1v) is 9.16. The lowest BCUT2D eigenvalue weighted by Gasteiger charge is -2.27. The van der Waals surface area contributed by atoms with Crippen molar-refractivity contribution in [3.8, 4) is 5.75 Å². The number of pyridine rings is 2. The van der Waals surface area contributed by atoms with Gasteiger partial charge in [0.1, 0.15) is 12.4 Å². The molecule has 25 heavy (non-hydrogen) atoms. The third-order valence-electron chi connectivity index (χ3n) is 5.05. The Morgan fingerprint density at radius 3 is 2.92 bits per heavy atom. The fourth-order valence-electron chi connectivity index (χ4n) is 3.22. The third kappa shape index (κ3) is 4.55. The van der Waals surface area contributed by atoms with Gasteiger partial charge in [-0.1, -0.05) is 6.07 Å². The average molecular weight is 339 g/mol. The van der Waals surface area contributed by atoms with E-state index < -0.39 is 0 Å². The summed E-state index contributed by atoms with van der Waals surface area (Å²) in [7, 11) is 0. The first-order valence-electron chi connectivity index (χ1n) is 9.16. The highest BCUT2D eigenvalue weighted by Gasteiger charge is 2.38. The zero-order chi connectivity index (χ0) is 16.9. The SMILES string of the molecule is c1cncc(CCOC[C@H]2C[C@@H]2c2cncc(OC[C@@H]3CCN3)c2)c1. The van der Waals surface area contributed by atoms with Gasteiger partial charge in [-0.2, -0.15) is 0 Å². The van der Waals surface area contributed by atoms with Crippen molar-refractivity contribution in [2.45, 2.75) is 31.2 Å². The molecule has 0 spiro atoms. The molecule has 1 saturated carbocycles. The molecule has 1 aliphatic carbocycles. The van der Waals surface area contributed by atoms with Crippen molar-refractivity contribution in [2.24, 2.45) is 5.92 Å². The second kappa shape index (κ2) is 7.93. The molecule has 1 N–H and O–H groups in total. The summed E-state index contributed by atoms with van der Waals surface area (Å²) in [5.74, 6) is 2.06. The van der Waals surface area contributed by atoms with Gasteiger partial charge in [-0.25, -0.2) is 0 Å². The lowest BCUT2D eigenvalue weighted by atomic mass is 10.1. The van der Waals surface area contributed by atoms with Gasteiger partial charge in [0.05, 0.1) is 19.4 Å². The maximum Gasteiger partial charge on any atom is 0.137 e. The van der Waals surface area contributed by atoms with Crippen molar-refractivity contribution in [1.29, 1.82) is 0 Å². The highest BCUT2D eigenvalue weighted by Crippen LogP contribution is 2.47. The second-order valence-electron chi connectivity index (χ2n) is 6.99.